The van der Waals surface area contributed by atoms with Crippen LogP contribution in [0, 0.1) is 0 Å². The third-order valence-electron chi connectivity index (χ3n) is 3.45. The van der Waals surface area contributed by atoms with Gasteiger partial charge in [0.15, 0.2) is 0 Å². The lowest BCUT2D eigenvalue weighted by atomic mass is 10.0. The third kappa shape index (κ3) is 7.04. The first kappa shape index (κ1) is 22.0. The van der Waals surface area contributed by atoms with Crippen LogP contribution in [0.3, 0.4) is 0 Å². The Kier molecular flexibility index (Phi) is 9.73. The van der Waals surface area contributed by atoms with Gasteiger partial charge in [0.05, 0.1) is 12.8 Å². The highest BCUT2D eigenvalue weighted by atomic mass is 16.6. The Morgan fingerprint density at radius 2 is 1.85 bits per heavy atom. The van der Waals surface area contributed by atoms with Crippen molar-refractivity contribution in [3.63, 3.8) is 0 Å². The van der Waals surface area contributed by atoms with Gasteiger partial charge in [-0.15, -0.1) is 0 Å². The summed E-state index contributed by atoms with van der Waals surface area (Å²) in [6.07, 6.45) is -5.81. The van der Waals surface area contributed by atoms with Crippen molar-refractivity contribution in [3.8, 4) is 0 Å². The van der Waals surface area contributed by atoms with Gasteiger partial charge in [-0.3, -0.25) is 4.79 Å². The Morgan fingerprint density at radius 1 is 1.19 bits per heavy atom. The van der Waals surface area contributed by atoms with Crippen LogP contribution in [-0.2, 0) is 11.4 Å². The number of amides is 1. The van der Waals surface area contributed by atoms with Crippen molar-refractivity contribution in [2.45, 2.75) is 31.0 Å². The van der Waals surface area contributed by atoms with Crippen LogP contribution in [0.5, 0.6) is 0 Å². The van der Waals surface area contributed by atoms with E-state index in [2.05, 4.69) is 10.5 Å². The zero-order chi connectivity index (χ0) is 19.5. The normalized spacial score (nSPS) is 16.1. The predicted octanol–water partition coefficient (Wildman–Crippen LogP) is -2.69. The minimum Gasteiger partial charge on any atom is -0.394 e. The maximum Gasteiger partial charge on any atom is 0.251 e. The van der Waals surface area contributed by atoms with Crippen molar-refractivity contribution in [2.24, 2.45) is 10.9 Å². The SMILES string of the molecule is NCCNC(=O)c1ccc(CO/N=C/[C@H](O)[C@@H](O)[C@H](O)[C@H](O)CO)cc1. The molecule has 0 aromatic heterocycles. The molecule has 146 valence electrons. The van der Waals surface area contributed by atoms with Crippen molar-refractivity contribution in [2.75, 3.05) is 19.7 Å². The number of nitrogens with two attached hydrogens (primary N) is 1. The number of hydrogen-bond acceptors (Lipinski definition) is 9. The van der Waals surface area contributed by atoms with Gasteiger partial charge in [0.25, 0.3) is 5.91 Å². The van der Waals surface area contributed by atoms with Gasteiger partial charge in [-0.1, -0.05) is 17.3 Å². The summed E-state index contributed by atoms with van der Waals surface area (Å²) >= 11 is 0. The quantitative estimate of drug-likeness (QED) is 0.162. The highest BCUT2D eigenvalue weighted by Gasteiger charge is 2.29. The van der Waals surface area contributed by atoms with Crippen LogP contribution in [0.15, 0.2) is 29.4 Å². The summed E-state index contributed by atoms with van der Waals surface area (Å²) < 4.78 is 0. The summed E-state index contributed by atoms with van der Waals surface area (Å²) in [6, 6.07) is 6.55. The van der Waals surface area contributed by atoms with Crippen LogP contribution < -0.4 is 11.1 Å². The molecule has 26 heavy (non-hydrogen) atoms. The molecule has 0 aliphatic carbocycles. The van der Waals surface area contributed by atoms with Gasteiger partial charge < -0.3 is 41.4 Å². The number of carbonyl (C=O) groups is 1. The molecule has 10 nitrogen and oxygen atoms in total. The molecule has 4 atom stereocenters. The molecular formula is C16H25N3O7. The Morgan fingerprint density at radius 3 is 2.42 bits per heavy atom. The van der Waals surface area contributed by atoms with E-state index in [1.807, 2.05) is 0 Å². The molecule has 0 heterocycles. The van der Waals surface area contributed by atoms with Gasteiger partial charge in [0.2, 0.25) is 0 Å². The van der Waals surface area contributed by atoms with Gasteiger partial charge in [0, 0.05) is 18.7 Å². The second kappa shape index (κ2) is 11.5. The van der Waals surface area contributed by atoms with Gasteiger partial charge in [-0.05, 0) is 17.7 Å². The second-order valence-corrected chi connectivity index (χ2v) is 5.49. The molecule has 0 saturated heterocycles. The molecule has 10 heteroatoms. The molecule has 1 aromatic rings. The molecule has 0 spiro atoms. The fourth-order valence-corrected chi connectivity index (χ4v) is 1.88. The van der Waals surface area contributed by atoms with Gasteiger partial charge >= 0.3 is 0 Å². The fraction of sp³-hybridized carbons (Fsp3) is 0.500. The number of rotatable bonds is 11. The molecule has 1 amide bonds. The van der Waals surface area contributed by atoms with Crippen molar-refractivity contribution >= 4 is 12.1 Å². The van der Waals surface area contributed by atoms with E-state index in [-0.39, 0.29) is 12.5 Å². The standard InChI is InChI=1S/C16H25N3O7/c17-5-6-18-16(25)11-3-1-10(2-4-11)9-26-19-7-12(21)14(23)15(24)13(22)8-20/h1-4,7,12-15,20-24H,5-6,8-9,17H2,(H,18,25)/b19-7+/t12-,13+,14+,15+/m0/s1. The van der Waals surface area contributed by atoms with Crippen LogP contribution in [0.4, 0.5) is 0 Å². The Labute approximate surface area is 150 Å². The lowest BCUT2D eigenvalue weighted by Gasteiger charge is -2.23. The first-order valence-electron chi connectivity index (χ1n) is 7.96. The predicted molar refractivity (Wildman–Crippen MR) is 92.2 cm³/mol. The first-order valence-corrected chi connectivity index (χ1v) is 7.96. The van der Waals surface area contributed by atoms with Crippen LogP contribution in [0.1, 0.15) is 15.9 Å². The summed E-state index contributed by atoms with van der Waals surface area (Å²) in [5.41, 5.74) is 6.49. The minimum atomic E-state index is -1.74. The number of oxime groups is 1. The number of carbonyl (C=O) groups excluding carboxylic acids is 1. The smallest absolute Gasteiger partial charge is 0.251 e. The molecule has 0 bridgehead atoms. The van der Waals surface area contributed by atoms with Crippen molar-refractivity contribution in [1.29, 1.82) is 0 Å². The van der Waals surface area contributed by atoms with Gasteiger partial charge in [-0.25, -0.2) is 0 Å². The van der Waals surface area contributed by atoms with Crippen LogP contribution in [-0.4, -0.2) is 81.8 Å². The lowest BCUT2D eigenvalue weighted by Crippen LogP contribution is -2.46. The summed E-state index contributed by atoms with van der Waals surface area (Å²) in [5, 5.41) is 52.6. The topological polar surface area (TPSA) is 178 Å². The molecule has 0 aliphatic rings. The molecule has 0 aliphatic heterocycles. The largest absolute Gasteiger partial charge is 0.394 e. The molecular weight excluding hydrogens is 346 g/mol. The number of nitrogens with one attached hydrogen (secondary N) is 1. The maximum absolute atomic E-state index is 11.7. The van der Waals surface area contributed by atoms with Crippen LogP contribution in [0.2, 0.25) is 0 Å². The number of nitrogens with zero attached hydrogens (tertiary/aromatic N) is 1. The molecule has 0 saturated carbocycles. The summed E-state index contributed by atoms with van der Waals surface area (Å²) in [4.78, 5) is 16.7. The zero-order valence-electron chi connectivity index (χ0n) is 14.1. The average molecular weight is 371 g/mol. The molecule has 1 aromatic carbocycles. The highest BCUT2D eigenvalue weighted by molar-refractivity contribution is 5.94. The number of hydrogen-bond donors (Lipinski definition) is 7. The van der Waals surface area contributed by atoms with E-state index in [1.54, 1.807) is 24.3 Å². The molecule has 1 rings (SSSR count). The van der Waals surface area contributed by atoms with Crippen molar-refractivity contribution < 1.29 is 35.2 Å². The average Bonchev–Trinajstić information content (AvgIpc) is 2.67. The Hall–Kier alpha value is -2.08. The summed E-state index contributed by atoms with van der Waals surface area (Å²) in [6.45, 7) is 0.0213. The van der Waals surface area contributed by atoms with Crippen LogP contribution in [0.25, 0.3) is 0 Å². The molecule has 8 N–H and O–H groups in total. The van der Waals surface area contributed by atoms with E-state index in [0.717, 1.165) is 6.21 Å². The van der Waals surface area contributed by atoms with E-state index in [4.69, 9.17) is 15.7 Å². The van der Waals surface area contributed by atoms with E-state index in [0.29, 0.717) is 24.2 Å². The third-order valence-corrected chi connectivity index (χ3v) is 3.45. The summed E-state index contributed by atoms with van der Waals surface area (Å²) in [7, 11) is 0. The van der Waals surface area contributed by atoms with E-state index in [1.165, 1.54) is 0 Å². The van der Waals surface area contributed by atoms with Crippen molar-refractivity contribution in [3.05, 3.63) is 35.4 Å². The molecule has 0 unspecified atom stereocenters. The van der Waals surface area contributed by atoms with E-state index in [9.17, 15) is 25.2 Å². The molecule has 0 radical (unpaired) electrons. The second-order valence-electron chi connectivity index (χ2n) is 5.49. The first-order chi connectivity index (χ1) is 12.4. The monoisotopic (exact) mass is 371 g/mol. The fourth-order valence-electron chi connectivity index (χ4n) is 1.88. The number of aliphatic hydroxyl groups is 5. The summed E-state index contributed by atoms with van der Waals surface area (Å²) in [5.74, 6) is -0.235. The van der Waals surface area contributed by atoms with E-state index < -0.39 is 31.0 Å². The van der Waals surface area contributed by atoms with E-state index >= 15 is 0 Å². The molecule has 0 fully saturated rings. The lowest BCUT2D eigenvalue weighted by molar-refractivity contribution is -0.100. The zero-order valence-corrected chi connectivity index (χ0v) is 14.1. The maximum atomic E-state index is 11.7. The Bertz CT molecular complexity index is 567. The van der Waals surface area contributed by atoms with Crippen molar-refractivity contribution in [1.82, 2.24) is 5.32 Å². The van der Waals surface area contributed by atoms with Gasteiger partial charge in [0.1, 0.15) is 31.0 Å². The number of aliphatic hydroxyl groups excluding tert-OH is 5. The number of benzene rings is 1. The van der Waals surface area contributed by atoms with Gasteiger partial charge in [-0.2, -0.15) is 0 Å². The minimum absolute atomic E-state index is 0.0475. The highest BCUT2D eigenvalue weighted by Crippen LogP contribution is 2.07. The van der Waals surface area contributed by atoms with Crippen LogP contribution >= 0.6 is 0 Å². The Balaban J connectivity index is 2.44.